The molecule has 0 aromatic heterocycles. The van der Waals surface area contributed by atoms with Crippen LogP contribution in [-0.2, 0) is 4.79 Å². The number of carbonyl (C=O) groups is 1. The van der Waals surface area contributed by atoms with Gasteiger partial charge in [-0.15, -0.1) is 6.58 Å². The molecule has 106 valence electrons. The molecule has 2 saturated carbocycles. The Morgan fingerprint density at radius 3 is 2.32 bits per heavy atom. The average molecular weight is 260 g/mol. The molecule has 2 aliphatic rings. The van der Waals surface area contributed by atoms with Crippen LogP contribution in [0.4, 0.5) is 0 Å². The Hall–Kier alpha value is -0.850. The Kier molecular flexibility index (Phi) is 5.88. The lowest BCUT2D eigenvalue weighted by atomic mass is 9.80. The molecule has 0 heterocycles. The number of allylic oxidation sites excluding steroid dienone is 3. The highest BCUT2D eigenvalue weighted by Gasteiger charge is 2.18. The SMILES string of the molecule is C=CC1CCC(CCC=CC2CCC(=O)CC2)CC1. The lowest BCUT2D eigenvalue weighted by Gasteiger charge is -2.26. The van der Waals surface area contributed by atoms with Crippen LogP contribution in [0.5, 0.6) is 0 Å². The molecule has 0 spiro atoms. The summed E-state index contributed by atoms with van der Waals surface area (Å²) in [4.78, 5) is 11.2. The molecule has 0 aliphatic heterocycles. The Labute approximate surface area is 118 Å². The van der Waals surface area contributed by atoms with E-state index in [0.717, 1.165) is 37.5 Å². The predicted octanol–water partition coefficient (Wildman–Crippen LogP) is 5.07. The molecule has 2 aliphatic carbocycles. The van der Waals surface area contributed by atoms with E-state index in [2.05, 4.69) is 24.8 Å². The summed E-state index contributed by atoms with van der Waals surface area (Å²) in [5.41, 5.74) is 0. The first-order chi connectivity index (χ1) is 9.28. The van der Waals surface area contributed by atoms with Crippen molar-refractivity contribution in [3.63, 3.8) is 0 Å². The van der Waals surface area contributed by atoms with Gasteiger partial charge in [-0.3, -0.25) is 4.79 Å². The zero-order valence-electron chi connectivity index (χ0n) is 12.2. The molecule has 0 unspecified atom stereocenters. The highest BCUT2D eigenvalue weighted by Crippen LogP contribution is 2.32. The molecular formula is C18H28O. The van der Waals surface area contributed by atoms with Crippen molar-refractivity contribution < 1.29 is 4.79 Å². The van der Waals surface area contributed by atoms with E-state index in [1.165, 1.54) is 38.5 Å². The Bertz CT molecular complexity index is 311. The molecule has 19 heavy (non-hydrogen) atoms. The molecule has 0 saturated heterocycles. The third-order valence-electron chi connectivity index (χ3n) is 4.96. The molecule has 0 bridgehead atoms. The van der Waals surface area contributed by atoms with E-state index in [1.807, 2.05) is 0 Å². The maximum absolute atomic E-state index is 11.2. The summed E-state index contributed by atoms with van der Waals surface area (Å²) in [6, 6.07) is 0. The van der Waals surface area contributed by atoms with Gasteiger partial charge in [0.2, 0.25) is 0 Å². The highest BCUT2D eigenvalue weighted by atomic mass is 16.1. The second kappa shape index (κ2) is 7.67. The van der Waals surface area contributed by atoms with Crippen molar-refractivity contribution in [2.45, 2.75) is 64.2 Å². The van der Waals surface area contributed by atoms with Gasteiger partial charge in [0.15, 0.2) is 0 Å². The van der Waals surface area contributed by atoms with Crippen molar-refractivity contribution in [2.75, 3.05) is 0 Å². The normalized spacial score (nSPS) is 29.8. The van der Waals surface area contributed by atoms with Crippen molar-refractivity contribution in [1.82, 2.24) is 0 Å². The van der Waals surface area contributed by atoms with Crippen LogP contribution in [0.15, 0.2) is 24.8 Å². The van der Waals surface area contributed by atoms with Crippen LogP contribution in [0.1, 0.15) is 64.2 Å². The first kappa shape index (κ1) is 14.6. The summed E-state index contributed by atoms with van der Waals surface area (Å²) in [6.45, 7) is 3.91. The van der Waals surface area contributed by atoms with Gasteiger partial charge in [-0.1, -0.05) is 18.2 Å². The van der Waals surface area contributed by atoms with E-state index < -0.39 is 0 Å². The molecule has 0 atom stereocenters. The fraction of sp³-hybridized carbons (Fsp3) is 0.722. The first-order valence-electron chi connectivity index (χ1n) is 8.09. The van der Waals surface area contributed by atoms with E-state index >= 15 is 0 Å². The van der Waals surface area contributed by atoms with E-state index in [1.54, 1.807) is 0 Å². The van der Waals surface area contributed by atoms with E-state index in [9.17, 15) is 4.79 Å². The summed E-state index contributed by atoms with van der Waals surface area (Å²) in [6.07, 6.45) is 18.7. The monoisotopic (exact) mass is 260 g/mol. The zero-order chi connectivity index (χ0) is 13.5. The van der Waals surface area contributed by atoms with Crippen LogP contribution >= 0.6 is 0 Å². The van der Waals surface area contributed by atoms with Gasteiger partial charge in [0.25, 0.3) is 0 Å². The predicted molar refractivity (Wildman–Crippen MR) is 81.0 cm³/mol. The van der Waals surface area contributed by atoms with Crippen molar-refractivity contribution in [2.24, 2.45) is 17.8 Å². The highest BCUT2D eigenvalue weighted by molar-refractivity contribution is 5.79. The third kappa shape index (κ3) is 4.97. The molecule has 1 heteroatoms. The van der Waals surface area contributed by atoms with Crippen molar-refractivity contribution in [1.29, 1.82) is 0 Å². The number of hydrogen-bond donors (Lipinski definition) is 0. The van der Waals surface area contributed by atoms with Crippen molar-refractivity contribution in [3.8, 4) is 0 Å². The number of ketones is 1. The molecule has 0 aromatic rings. The second-order valence-electron chi connectivity index (χ2n) is 6.40. The van der Waals surface area contributed by atoms with E-state index in [4.69, 9.17) is 0 Å². The van der Waals surface area contributed by atoms with Gasteiger partial charge in [0, 0.05) is 12.8 Å². The molecule has 0 amide bonds. The van der Waals surface area contributed by atoms with Gasteiger partial charge < -0.3 is 0 Å². The van der Waals surface area contributed by atoms with Crippen LogP contribution in [0.25, 0.3) is 0 Å². The quantitative estimate of drug-likeness (QED) is 0.630. The fourth-order valence-electron chi connectivity index (χ4n) is 3.49. The molecule has 0 aromatic carbocycles. The molecule has 0 N–H and O–H groups in total. The largest absolute Gasteiger partial charge is 0.300 e. The Balaban J connectivity index is 1.59. The third-order valence-corrected chi connectivity index (χ3v) is 4.96. The fourth-order valence-corrected chi connectivity index (χ4v) is 3.49. The van der Waals surface area contributed by atoms with Crippen LogP contribution in [0, 0.1) is 17.8 Å². The van der Waals surface area contributed by atoms with Crippen LogP contribution in [0.2, 0.25) is 0 Å². The molecular weight excluding hydrogens is 232 g/mol. The summed E-state index contributed by atoms with van der Waals surface area (Å²) in [7, 11) is 0. The number of carbonyl (C=O) groups excluding carboxylic acids is 1. The van der Waals surface area contributed by atoms with Gasteiger partial charge >= 0.3 is 0 Å². The van der Waals surface area contributed by atoms with Gasteiger partial charge in [-0.25, -0.2) is 0 Å². The Morgan fingerprint density at radius 1 is 1.00 bits per heavy atom. The maximum atomic E-state index is 11.2. The minimum atomic E-state index is 0.462. The van der Waals surface area contributed by atoms with E-state index in [-0.39, 0.29) is 0 Å². The number of Topliss-reactive ketones (excluding diaryl/α,β-unsaturated/α-hetero) is 1. The van der Waals surface area contributed by atoms with Crippen LogP contribution in [0.3, 0.4) is 0 Å². The molecule has 2 fully saturated rings. The molecule has 0 radical (unpaired) electrons. The smallest absolute Gasteiger partial charge is 0.132 e. The molecule has 1 nitrogen and oxygen atoms in total. The van der Waals surface area contributed by atoms with Crippen LogP contribution in [-0.4, -0.2) is 5.78 Å². The summed E-state index contributed by atoms with van der Waals surface area (Å²) >= 11 is 0. The molecule has 2 rings (SSSR count). The summed E-state index contributed by atoms with van der Waals surface area (Å²) < 4.78 is 0. The average Bonchev–Trinajstić information content (AvgIpc) is 2.46. The number of hydrogen-bond acceptors (Lipinski definition) is 1. The van der Waals surface area contributed by atoms with Crippen LogP contribution < -0.4 is 0 Å². The van der Waals surface area contributed by atoms with Crippen molar-refractivity contribution in [3.05, 3.63) is 24.8 Å². The Morgan fingerprint density at radius 2 is 1.68 bits per heavy atom. The topological polar surface area (TPSA) is 17.1 Å². The van der Waals surface area contributed by atoms with E-state index in [0.29, 0.717) is 11.7 Å². The lowest BCUT2D eigenvalue weighted by molar-refractivity contribution is -0.120. The van der Waals surface area contributed by atoms with Crippen molar-refractivity contribution >= 4 is 5.78 Å². The maximum Gasteiger partial charge on any atom is 0.132 e. The second-order valence-corrected chi connectivity index (χ2v) is 6.40. The number of rotatable bonds is 5. The van der Waals surface area contributed by atoms with Gasteiger partial charge in [0.1, 0.15) is 5.78 Å². The standard InChI is InChI=1S/C18H28O/c1-2-15-7-9-16(10-8-15)5-3-4-6-17-11-13-18(19)14-12-17/h2,4,6,15-17H,1,3,5,7-14H2. The van der Waals surface area contributed by atoms with Gasteiger partial charge in [0.05, 0.1) is 0 Å². The zero-order valence-corrected chi connectivity index (χ0v) is 12.2. The first-order valence-corrected chi connectivity index (χ1v) is 8.09. The van der Waals surface area contributed by atoms with Gasteiger partial charge in [-0.2, -0.15) is 0 Å². The minimum absolute atomic E-state index is 0.462. The summed E-state index contributed by atoms with van der Waals surface area (Å²) in [5, 5.41) is 0. The minimum Gasteiger partial charge on any atom is -0.300 e. The summed E-state index contributed by atoms with van der Waals surface area (Å²) in [5.74, 6) is 2.86. The lowest BCUT2D eigenvalue weighted by Crippen LogP contribution is -2.13. The van der Waals surface area contributed by atoms with Gasteiger partial charge in [-0.05, 0) is 69.1 Å².